The van der Waals surface area contributed by atoms with Crippen LogP contribution < -0.4 is 16.0 Å². The lowest BCUT2D eigenvalue weighted by molar-refractivity contribution is -0.137. The minimum absolute atomic E-state index is 0.0909. The molecular formula is C14H19N3O4. The first-order chi connectivity index (χ1) is 10.1. The highest BCUT2D eigenvalue weighted by Gasteiger charge is 2.05. The van der Waals surface area contributed by atoms with E-state index in [-0.39, 0.29) is 18.9 Å². The summed E-state index contributed by atoms with van der Waals surface area (Å²) < 4.78 is 0. The number of amides is 3. The molecule has 114 valence electrons. The van der Waals surface area contributed by atoms with Crippen LogP contribution in [0.5, 0.6) is 0 Å². The summed E-state index contributed by atoms with van der Waals surface area (Å²) in [6, 6.07) is 8.44. The van der Waals surface area contributed by atoms with Gasteiger partial charge in [-0.1, -0.05) is 18.2 Å². The molecule has 0 unspecified atom stereocenters. The second-order valence-corrected chi connectivity index (χ2v) is 4.37. The Balaban J connectivity index is 2.09. The van der Waals surface area contributed by atoms with Crippen LogP contribution in [0.2, 0.25) is 0 Å². The smallest absolute Gasteiger partial charge is 0.319 e. The molecule has 7 heteroatoms. The van der Waals surface area contributed by atoms with Gasteiger partial charge in [0.2, 0.25) is 5.91 Å². The Kier molecular flexibility index (Phi) is 7.34. The van der Waals surface area contributed by atoms with Crippen molar-refractivity contribution >= 4 is 23.6 Å². The number of aliphatic carboxylic acids is 1. The van der Waals surface area contributed by atoms with Crippen LogP contribution >= 0.6 is 0 Å². The Morgan fingerprint density at radius 3 is 2.38 bits per heavy atom. The van der Waals surface area contributed by atoms with Gasteiger partial charge in [0.15, 0.2) is 0 Å². The van der Waals surface area contributed by atoms with E-state index in [0.29, 0.717) is 25.1 Å². The molecule has 0 aromatic heterocycles. The van der Waals surface area contributed by atoms with E-state index in [0.717, 1.165) is 0 Å². The minimum Gasteiger partial charge on any atom is -0.481 e. The van der Waals surface area contributed by atoms with Crippen molar-refractivity contribution in [3.8, 4) is 0 Å². The van der Waals surface area contributed by atoms with Crippen molar-refractivity contribution in [1.29, 1.82) is 0 Å². The number of hydrogen-bond acceptors (Lipinski definition) is 3. The maximum absolute atomic E-state index is 11.5. The Bertz CT molecular complexity index is 476. The number of anilines is 1. The summed E-state index contributed by atoms with van der Waals surface area (Å²) in [5.74, 6) is -1.16. The van der Waals surface area contributed by atoms with Gasteiger partial charge in [-0.2, -0.15) is 0 Å². The number of rotatable bonds is 8. The van der Waals surface area contributed by atoms with Crippen LogP contribution in [-0.4, -0.2) is 36.1 Å². The number of urea groups is 1. The fourth-order valence-electron chi connectivity index (χ4n) is 1.55. The van der Waals surface area contributed by atoms with E-state index in [9.17, 15) is 14.4 Å². The number of carboxylic acids is 1. The lowest BCUT2D eigenvalue weighted by atomic mass is 10.2. The third kappa shape index (κ3) is 8.25. The quantitative estimate of drug-likeness (QED) is 0.540. The second-order valence-electron chi connectivity index (χ2n) is 4.37. The maximum atomic E-state index is 11.5. The number of carboxylic acid groups (broad SMARTS) is 1. The first-order valence-electron chi connectivity index (χ1n) is 6.66. The zero-order valence-corrected chi connectivity index (χ0v) is 11.6. The summed E-state index contributed by atoms with van der Waals surface area (Å²) in [4.78, 5) is 33.2. The average Bonchev–Trinajstić information content (AvgIpc) is 2.45. The van der Waals surface area contributed by atoms with Gasteiger partial charge >= 0.3 is 12.0 Å². The van der Waals surface area contributed by atoms with Gasteiger partial charge in [-0.3, -0.25) is 9.59 Å². The third-order valence-corrected chi connectivity index (χ3v) is 2.58. The molecule has 0 spiro atoms. The number of nitrogens with one attached hydrogen (secondary N) is 3. The van der Waals surface area contributed by atoms with Gasteiger partial charge in [0.05, 0.1) is 6.54 Å². The van der Waals surface area contributed by atoms with Gasteiger partial charge < -0.3 is 21.1 Å². The highest BCUT2D eigenvalue weighted by Crippen LogP contribution is 2.03. The topological polar surface area (TPSA) is 108 Å². The zero-order valence-electron chi connectivity index (χ0n) is 11.6. The first kappa shape index (κ1) is 16.5. The van der Waals surface area contributed by atoms with E-state index in [1.54, 1.807) is 24.3 Å². The Morgan fingerprint density at radius 1 is 1.00 bits per heavy atom. The summed E-state index contributed by atoms with van der Waals surface area (Å²) in [5, 5.41) is 16.1. The molecule has 21 heavy (non-hydrogen) atoms. The van der Waals surface area contributed by atoms with Crippen LogP contribution in [0.15, 0.2) is 30.3 Å². The van der Waals surface area contributed by atoms with Gasteiger partial charge in [-0.05, 0) is 25.0 Å². The van der Waals surface area contributed by atoms with Crippen molar-refractivity contribution in [1.82, 2.24) is 10.6 Å². The number of carbonyl (C=O) groups excluding carboxylic acids is 2. The van der Waals surface area contributed by atoms with Gasteiger partial charge in [-0.15, -0.1) is 0 Å². The van der Waals surface area contributed by atoms with Crippen molar-refractivity contribution in [2.45, 2.75) is 19.3 Å². The molecule has 0 radical (unpaired) electrons. The number of carbonyl (C=O) groups is 3. The molecule has 3 amide bonds. The number of unbranched alkanes of at least 4 members (excludes halogenated alkanes) is 1. The summed E-state index contributed by atoms with van der Waals surface area (Å²) >= 11 is 0. The fourth-order valence-corrected chi connectivity index (χ4v) is 1.55. The van der Waals surface area contributed by atoms with E-state index in [1.165, 1.54) is 0 Å². The molecule has 0 aliphatic rings. The standard InChI is InChI=1S/C14H19N3O4/c18-12(15-9-5-4-8-13(19)20)10-16-14(21)17-11-6-2-1-3-7-11/h1-3,6-7H,4-5,8-10H2,(H,15,18)(H,19,20)(H2,16,17,21). The molecule has 1 rings (SSSR count). The van der Waals surface area contributed by atoms with Crippen LogP contribution in [0.4, 0.5) is 10.5 Å². The predicted octanol–water partition coefficient (Wildman–Crippen LogP) is 1.18. The molecule has 0 heterocycles. The summed E-state index contributed by atoms with van der Waals surface area (Å²) in [6.07, 6.45) is 1.19. The molecule has 0 saturated heterocycles. The number of para-hydroxylation sites is 1. The first-order valence-corrected chi connectivity index (χ1v) is 6.66. The van der Waals surface area contributed by atoms with Gasteiger partial charge in [0.25, 0.3) is 0 Å². The van der Waals surface area contributed by atoms with Crippen LogP contribution in [-0.2, 0) is 9.59 Å². The van der Waals surface area contributed by atoms with E-state index < -0.39 is 12.0 Å². The molecule has 0 fully saturated rings. The summed E-state index contributed by atoms with van der Waals surface area (Å²) in [6.45, 7) is 0.270. The van der Waals surface area contributed by atoms with E-state index >= 15 is 0 Å². The zero-order chi connectivity index (χ0) is 15.5. The van der Waals surface area contributed by atoms with Crippen molar-refractivity contribution < 1.29 is 19.5 Å². The third-order valence-electron chi connectivity index (χ3n) is 2.58. The summed E-state index contributed by atoms with van der Waals surface area (Å²) in [7, 11) is 0. The van der Waals surface area contributed by atoms with Crippen LogP contribution in [0.25, 0.3) is 0 Å². The molecule has 4 N–H and O–H groups in total. The Morgan fingerprint density at radius 2 is 1.71 bits per heavy atom. The monoisotopic (exact) mass is 293 g/mol. The fraction of sp³-hybridized carbons (Fsp3) is 0.357. The molecule has 0 bridgehead atoms. The lowest BCUT2D eigenvalue weighted by Gasteiger charge is -2.08. The van der Waals surface area contributed by atoms with Crippen molar-refractivity contribution in [2.24, 2.45) is 0 Å². The normalized spacial score (nSPS) is 9.71. The molecule has 0 saturated carbocycles. The molecule has 0 aliphatic heterocycles. The highest BCUT2D eigenvalue weighted by molar-refractivity contribution is 5.92. The predicted molar refractivity (Wildman–Crippen MR) is 78.0 cm³/mol. The molecule has 1 aromatic carbocycles. The van der Waals surface area contributed by atoms with Crippen LogP contribution in [0, 0.1) is 0 Å². The van der Waals surface area contributed by atoms with E-state index in [2.05, 4.69) is 16.0 Å². The average molecular weight is 293 g/mol. The number of hydrogen-bond donors (Lipinski definition) is 4. The second kappa shape index (κ2) is 9.35. The molecule has 0 atom stereocenters. The maximum Gasteiger partial charge on any atom is 0.319 e. The Labute approximate surface area is 122 Å². The molecule has 0 aliphatic carbocycles. The lowest BCUT2D eigenvalue weighted by Crippen LogP contribution is -2.39. The molecule has 1 aromatic rings. The van der Waals surface area contributed by atoms with Crippen molar-refractivity contribution in [3.05, 3.63) is 30.3 Å². The Hall–Kier alpha value is -2.57. The largest absolute Gasteiger partial charge is 0.481 e. The van der Waals surface area contributed by atoms with Crippen molar-refractivity contribution in [3.63, 3.8) is 0 Å². The van der Waals surface area contributed by atoms with Crippen molar-refractivity contribution in [2.75, 3.05) is 18.4 Å². The van der Waals surface area contributed by atoms with E-state index in [4.69, 9.17) is 5.11 Å². The summed E-state index contributed by atoms with van der Waals surface area (Å²) in [5.41, 5.74) is 0.643. The van der Waals surface area contributed by atoms with Crippen LogP contribution in [0.1, 0.15) is 19.3 Å². The van der Waals surface area contributed by atoms with Gasteiger partial charge in [0.1, 0.15) is 0 Å². The highest BCUT2D eigenvalue weighted by atomic mass is 16.4. The molecule has 7 nitrogen and oxygen atoms in total. The minimum atomic E-state index is -0.847. The van der Waals surface area contributed by atoms with Gasteiger partial charge in [-0.25, -0.2) is 4.79 Å². The number of benzene rings is 1. The van der Waals surface area contributed by atoms with E-state index in [1.807, 2.05) is 6.07 Å². The SMILES string of the molecule is O=C(O)CCCCNC(=O)CNC(=O)Nc1ccccc1. The molecular weight excluding hydrogens is 274 g/mol. The van der Waals surface area contributed by atoms with Crippen LogP contribution in [0.3, 0.4) is 0 Å². The van der Waals surface area contributed by atoms with Gasteiger partial charge in [0, 0.05) is 18.7 Å².